The van der Waals surface area contributed by atoms with Gasteiger partial charge >= 0.3 is 0 Å². The van der Waals surface area contributed by atoms with E-state index in [0.717, 1.165) is 6.42 Å². The number of hydrogen-bond acceptors (Lipinski definition) is 2. The summed E-state index contributed by atoms with van der Waals surface area (Å²) in [6.45, 7) is 11.9. The average Bonchev–Trinajstić information content (AvgIpc) is 2.33. The van der Waals surface area contributed by atoms with Gasteiger partial charge in [-0.25, -0.2) is 4.39 Å². The third-order valence-corrected chi connectivity index (χ3v) is 3.08. The first-order chi connectivity index (χ1) is 9.29. The number of ether oxygens (including phenoxy) is 1. The maximum atomic E-state index is 13.9. The molecule has 0 saturated carbocycles. The minimum atomic E-state index is -0.242. The van der Waals surface area contributed by atoms with Crippen LogP contribution in [0.1, 0.15) is 52.7 Å². The van der Waals surface area contributed by atoms with Crippen molar-refractivity contribution in [1.82, 2.24) is 5.32 Å². The van der Waals surface area contributed by atoms with Gasteiger partial charge in [0.1, 0.15) is 5.82 Å². The van der Waals surface area contributed by atoms with Crippen LogP contribution in [0.15, 0.2) is 24.3 Å². The van der Waals surface area contributed by atoms with Gasteiger partial charge in [0.15, 0.2) is 0 Å². The van der Waals surface area contributed by atoms with Crippen LogP contribution in [0.2, 0.25) is 0 Å². The summed E-state index contributed by atoms with van der Waals surface area (Å²) in [5.41, 5.74) is 0.623. The molecule has 0 spiro atoms. The van der Waals surface area contributed by atoms with Crippen LogP contribution in [-0.2, 0) is 4.74 Å². The molecule has 1 N–H and O–H groups in total. The second-order valence-corrected chi connectivity index (χ2v) is 6.69. The van der Waals surface area contributed by atoms with E-state index in [0.29, 0.717) is 24.6 Å². The monoisotopic (exact) mass is 281 g/mol. The van der Waals surface area contributed by atoms with Gasteiger partial charge in [-0.1, -0.05) is 32.0 Å². The second kappa shape index (κ2) is 7.75. The number of halogens is 1. The molecule has 1 aromatic carbocycles. The Kier molecular flexibility index (Phi) is 6.63. The molecule has 0 saturated heterocycles. The lowest BCUT2D eigenvalue weighted by Gasteiger charge is -2.26. The summed E-state index contributed by atoms with van der Waals surface area (Å²) < 4.78 is 19.9. The quantitative estimate of drug-likeness (QED) is 0.803. The van der Waals surface area contributed by atoms with E-state index in [1.54, 1.807) is 12.1 Å². The van der Waals surface area contributed by atoms with Crippen LogP contribution in [-0.4, -0.2) is 18.7 Å². The average molecular weight is 281 g/mol. The summed E-state index contributed by atoms with van der Waals surface area (Å²) in [5, 5.41) is 3.39. The van der Waals surface area contributed by atoms with Crippen LogP contribution in [0.3, 0.4) is 0 Å². The highest BCUT2D eigenvalue weighted by Crippen LogP contribution is 2.21. The highest BCUT2D eigenvalue weighted by atomic mass is 19.1. The molecule has 1 aromatic rings. The number of hydrogen-bond donors (Lipinski definition) is 1. The van der Waals surface area contributed by atoms with E-state index in [-0.39, 0.29) is 17.5 Å². The molecular weight excluding hydrogens is 253 g/mol. The van der Waals surface area contributed by atoms with E-state index in [2.05, 4.69) is 39.9 Å². The second-order valence-electron chi connectivity index (χ2n) is 6.69. The van der Waals surface area contributed by atoms with Crippen LogP contribution in [0, 0.1) is 11.7 Å². The van der Waals surface area contributed by atoms with Gasteiger partial charge in [-0.15, -0.1) is 0 Å². The van der Waals surface area contributed by atoms with Gasteiger partial charge in [-0.2, -0.15) is 0 Å². The van der Waals surface area contributed by atoms with Crippen molar-refractivity contribution < 1.29 is 9.13 Å². The molecule has 0 aromatic heterocycles. The smallest absolute Gasteiger partial charge is 0.129 e. The highest BCUT2D eigenvalue weighted by molar-refractivity contribution is 5.20. The molecule has 0 amide bonds. The topological polar surface area (TPSA) is 21.3 Å². The van der Waals surface area contributed by atoms with Crippen molar-refractivity contribution in [3.05, 3.63) is 35.6 Å². The molecule has 3 heteroatoms. The Morgan fingerprint density at radius 1 is 1.20 bits per heavy atom. The number of rotatable bonds is 7. The standard InChI is InChI=1S/C17H28FNO/c1-13(2)10-11-20-16(12-19-17(3,4)5)14-8-6-7-9-15(14)18/h6-9,13,16,19H,10-12H2,1-5H3. The van der Waals surface area contributed by atoms with Crippen LogP contribution in [0.25, 0.3) is 0 Å². The van der Waals surface area contributed by atoms with E-state index in [1.807, 2.05) is 6.07 Å². The molecule has 0 aliphatic rings. The van der Waals surface area contributed by atoms with Crippen molar-refractivity contribution in [2.24, 2.45) is 5.92 Å². The Hall–Kier alpha value is -0.930. The normalized spacial score (nSPS) is 13.8. The van der Waals surface area contributed by atoms with Gasteiger partial charge in [0.2, 0.25) is 0 Å². The molecule has 20 heavy (non-hydrogen) atoms. The molecule has 1 unspecified atom stereocenters. The summed E-state index contributed by atoms with van der Waals surface area (Å²) in [7, 11) is 0. The third-order valence-electron chi connectivity index (χ3n) is 3.08. The number of nitrogens with one attached hydrogen (secondary N) is 1. The SMILES string of the molecule is CC(C)CCOC(CNC(C)(C)C)c1ccccc1F. The fraction of sp³-hybridized carbons (Fsp3) is 0.647. The van der Waals surface area contributed by atoms with Gasteiger partial charge in [-0.3, -0.25) is 0 Å². The molecule has 114 valence electrons. The lowest BCUT2D eigenvalue weighted by atomic mass is 10.1. The van der Waals surface area contributed by atoms with Gasteiger partial charge in [-0.05, 0) is 39.2 Å². The van der Waals surface area contributed by atoms with Crippen molar-refractivity contribution in [1.29, 1.82) is 0 Å². The fourth-order valence-corrected chi connectivity index (χ4v) is 1.84. The Bertz CT molecular complexity index is 398. The Labute approximate surface area is 122 Å². The van der Waals surface area contributed by atoms with E-state index in [1.165, 1.54) is 6.07 Å². The number of benzene rings is 1. The van der Waals surface area contributed by atoms with Crippen molar-refractivity contribution >= 4 is 0 Å². The predicted octanol–water partition coefficient (Wildman–Crippen LogP) is 4.32. The minimum absolute atomic E-state index is 0.00901. The van der Waals surface area contributed by atoms with Crippen molar-refractivity contribution in [3.63, 3.8) is 0 Å². The zero-order chi connectivity index (χ0) is 15.2. The summed E-state index contributed by atoms with van der Waals surface area (Å²) in [6.07, 6.45) is 0.745. The summed E-state index contributed by atoms with van der Waals surface area (Å²) >= 11 is 0. The first-order valence-corrected chi connectivity index (χ1v) is 7.40. The summed E-state index contributed by atoms with van der Waals surface area (Å²) in [4.78, 5) is 0. The Balaban J connectivity index is 2.71. The minimum Gasteiger partial charge on any atom is -0.372 e. The van der Waals surface area contributed by atoms with Gasteiger partial charge in [0.05, 0.1) is 6.10 Å². The van der Waals surface area contributed by atoms with E-state index < -0.39 is 0 Å². The van der Waals surface area contributed by atoms with Crippen LogP contribution >= 0.6 is 0 Å². The lowest BCUT2D eigenvalue weighted by molar-refractivity contribution is 0.0395. The molecule has 1 atom stereocenters. The third kappa shape index (κ3) is 6.49. The molecule has 1 rings (SSSR count). The van der Waals surface area contributed by atoms with Gasteiger partial charge in [0.25, 0.3) is 0 Å². The molecule has 0 radical (unpaired) electrons. The molecule has 0 fully saturated rings. The van der Waals surface area contributed by atoms with Crippen molar-refractivity contribution in [2.45, 2.75) is 52.7 Å². The first kappa shape index (κ1) is 17.1. The maximum Gasteiger partial charge on any atom is 0.129 e. The predicted molar refractivity (Wildman–Crippen MR) is 82.3 cm³/mol. The largest absolute Gasteiger partial charge is 0.372 e. The van der Waals surface area contributed by atoms with E-state index in [9.17, 15) is 4.39 Å². The highest BCUT2D eigenvalue weighted by Gasteiger charge is 2.19. The van der Waals surface area contributed by atoms with Crippen LogP contribution < -0.4 is 5.32 Å². The molecule has 0 bridgehead atoms. The Morgan fingerprint density at radius 2 is 1.85 bits per heavy atom. The van der Waals surface area contributed by atoms with E-state index in [4.69, 9.17) is 4.74 Å². The van der Waals surface area contributed by atoms with Crippen molar-refractivity contribution in [2.75, 3.05) is 13.2 Å². The summed E-state index contributed by atoms with van der Waals surface area (Å²) in [6, 6.07) is 6.86. The first-order valence-electron chi connectivity index (χ1n) is 7.40. The lowest BCUT2D eigenvalue weighted by Crippen LogP contribution is -2.39. The van der Waals surface area contributed by atoms with Crippen LogP contribution in [0.4, 0.5) is 4.39 Å². The molecule has 2 nitrogen and oxygen atoms in total. The molecular formula is C17H28FNO. The zero-order valence-corrected chi connectivity index (χ0v) is 13.4. The molecule has 0 aliphatic heterocycles. The molecule has 0 aliphatic carbocycles. The fourth-order valence-electron chi connectivity index (χ4n) is 1.84. The Morgan fingerprint density at radius 3 is 2.40 bits per heavy atom. The van der Waals surface area contributed by atoms with Crippen molar-refractivity contribution in [3.8, 4) is 0 Å². The van der Waals surface area contributed by atoms with E-state index >= 15 is 0 Å². The zero-order valence-electron chi connectivity index (χ0n) is 13.4. The van der Waals surface area contributed by atoms with Gasteiger partial charge in [0, 0.05) is 24.3 Å². The summed E-state index contributed by atoms with van der Waals surface area (Å²) in [5.74, 6) is 0.393. The molecule has 0 heterocycles. The van der Waals surface area contributed by atoms with Gasteiger partial charge < -0.3 is 10.1 Å². The maximum absolute atomic E-state index is 13.9. The van der Waals surface area contributed by atoms with Crippen LogP contribution in [0.5, 0.6) is 0 Å².